The van der Waals surface area contributed by atoms with Crippen LogP contribution in [0.25, 0.3) is 11.8 Å². The molecule has 34 heavy (non-hydrogen) atoms. The third-order valence-electron chi connectivity index (χ3n) is 6.27. The second-order valence-corrected chi connectivity index (χ2v) is 8.54. The van der Waals surface area contributed by atoms with E-state index < -0.39 is 11.6 Å². The van der Waals surface area contributed by atoms with Crippen molar-refractivity contribution in [3.63, 3.8) is 0 Å². The minimum absolute atomic E-state index is 0.271. The van der Waals surface area contributed by atoms with E-state index in [1.165, 1.54) is 12.1 Å². The normalized spacial score (nSPS) is 19.3. The van der Waals surface area contributed by atoms with E-state index in [9.17, 15) is 8.78 Å². The number of methoxy groups -OCH3 is 1. The van der Waals surface area contributed by atoms with Crippen LogP contribution in [-0.2, 0) is 4.84 Å². The molecule has 1 atom stereocenters. The van der Waals surface area contributed by atoms with Crippen molar-refractivity contribution >= 4 is 11.9 Å². The van der Waals surface area contributed by atoms with Crippen LogP contribution in [-0.4, -0.2) is 40.5 Å². The van der Waals surface area contributed by atoms with Gasteiger partial charge in [0.25, 0.3) is 0 Å². The number of fused-ring (bicyclic) bond motifs is 1. The molecule has 1 aromatic heterocycles. The first-order valence-electron chi connectivity index (χ1n) is 11.3. The number of hydrogen-bond donors (Lipinski definition) is 0. The van der Waals surface area contributed by atoms with Crippen LogP contribution in [0, 0.1) is 18.6 Å². The molecule has 2 aliphatic rings. The van der Waals surface area contributed by atoms with Gasteiger partial charge in [0.15, 0.2) is 5.84 Å². The zero-order valence-corrected chi connectivity index (χ0v) is 19.2. The van der Waals surface area contributed by atoms with Gasteiger partial charge in [-0.1, -0.05) is 17.3 Å². The zero-order chi connectivity index (χ0) is 23.7. The van der Waals surface area contributed by atoms with Gasteiger partial charge in [0.05, 0.1) is 30.9 Å². The first kappa shape index (κ1) is 22.1. The lowest BCUT2D eigenvalue weighted by Crippen LogP contribution is -2.39. The molecule has 0 saturated carbocycles. The van der Waals surface area contributed by atoms with Gasteiger partial charge in [-0.3, -0.25) is 0 Å². The Kier molecular flexibility index (Phi) is 6.04. The van der Waals surface area contributed by atoms with Gasteiger partial charge < -0.3 is 19.0 Å². The molecule has 3 aromatic rings. The van der Waals surface area contributed by atoms with Crippen molar-refractivity contribution in [2.24, 2.45) is 5.16 Å². The number of oxime groups is 1. The summed E-state index contributed by atoms with van der Waals surface area (Å²) >= 11 is 0. The predicted molar refractivity (Wildman–Crippen MR) is 126 cm³/mol. The second-order valence-electron chi connectivity index (χ2n) is 8.54. The van der Waals surface area contributed by atoms with Gasteiger partial charge in [0.2, 0.25) is 0 Å². The number of piperidine rings is 1. The van der Waals surface area contributed by atoms with E-state index in [0.717, 1.165) is 53.7 Å². The molecule has 0 radical (unpaired) electrons. The highest BCUT2D eigenvalue weighted by atomic mass is 19.1. The van der Waals surface area contributed by atoms with Gasteiger partial charge in [-0.05, 0) is 55.2 Å². The summed E-state index contributed by atoms with van der Waals surface area (Å²) in [4.78, 5) is 11.9. The molecule has 5 rings (SSSR count). The van der Waals surface area contributed by atoms with Crippen molar-refractivity contribution in [1.29, 1.82) is 0 Å². The molecule has 0 aliphatic carbocycles. The molecule has 3 heterocycles. The van der Waals surface area contributed by atoms with E-state index in [1.807, 2.05) is 35.9 Å². The minimum Gasteiger partial charge on any atom is -0.495 e. The molecule has 1 unspecified atom stereocenters. The molecule has 1 fully saturated rings. The number of amidine groups is 1. The topological polar surface area (TPSA) is 51.9 Å². The summed E-state index contributed by atoms with van der Waals surface area (Å²) in [6.45, 7) is 3.03. The maximum absolute atomic E-state index is 14.7. The summed E-state index contributed by atoms with van der Waals surface area (Å²) in [6.07, 6.45) is 8.06. The number of halogens is 2. The summed E-state index contributed by atoms with van der Waals surface area (Å²) in [5.74, 6) is 0.301. The standard InChI is InChI=1S/C26H26F2N4O2/c1-17-15-31(16-29-17)24-8-5-18(13-25(24)33-2)12-19-4-3-10-32-23(9-11-34-30-26(19)32)21-7-6-20(27)14-22(21)28/h5-8,12-16,23H,3-4,9-11H2,1-2H3/b19-12+. The van der Waals surface area contributed by atoms with E-state index in [-0.39, 0.29) is 6.04 Å². The van der Waals surface area contributed by atoms with E-state index in [0.29, 0.717) is 24.4 Å². The molecule has 0 bridgehead atoms. The number of benzene rings is 2. The molecule has 1 saturated heterocycles. The number of nitrogens with zero attached hydrogens (tertiary/aromatic N) is 4. The van der Waals surface area contributed by atoms with Crippen LogP contribution in [0.2, 0.25) is 0 Å². The Balaban J connectivity index is 1.48. The molecule has 8 heteroatoms. The van der Waals surface area contributed by atoms with Gasteiger partial charge in [-0.25, -0.2) is 13.8 Å². The minimum atomic E-state index is -0.581. The number of aryl methyl sites for hydroxylation is 1. The van der Waals surface area contributed by atoms with Crippen molar-refractivity contribution < 1.29 is 18.4 Å². The number of hydrogen-bond acceptors (Lipinski definition) is 5. The molecule has 2 aliphatic heterocycles. The summed E-state index contributed by atoms with van der Waals surface area (Å²) in [5.41, 5.74) is 4.26. The Labute approximate surface area is 197 Å². The van der Waals surface area contributed by atoms with E-state index in [1.54, 1.807) is 13.4 Å². The molecule has 6 nitrogen and oxygen atoms in total. The highest BCUT2D eigenvalue weighted by Crippen LogP contribution is 2.35. The SMILES string of the molecule is COc1cc(/C=C2\CCCN3C2=NOCCC3c2ccc(F)cc2F)ccc1-n1cnc(C)c1. The molecular weight excluding hydrogens is 438 g/mol. The van der Waals surface area contributed by atoms with Gasteiger partial charge in [0.1, 0.15) is 24.0 Å². The van der Waals surface area contributed by atoms with Crippen LogP contribution in [0.1, 0.15) is 42.1 Å². The molecule has 0 spiro atoms. The van der Waals surface area contributed by atoms with Crippen LogP contribution in [0.4, 0.5) is 8.78 Å². The Morgan fingerprint density at radius 3 is 2.82 bits per heavy atom. The Bertz CT molecular complexity index is 1270. The van der Waals surface area contributed by atoms with Gasteiger partial charge in [-0.15, -0.1) is 0 Å². The number of ether oxygens (including phenoxy) is 1. The molecule has 2 aromatic carbocycles. The summed E-state index contributed by atoms with van der Waals surface area (Å²) in [5, 5.41) is 4.39. The lowest BCUT2D eigenvalue weighted by molar-refractivity contribution is 0.140. The van der Waals surface area contributed by atoms with Crippen molar-refractivity contribution in [2.75, 3.05) is 20.3 Å². The first-order chi connectivity index (χ1) is 16.5. The molecule has 0 amide bonds. The van der Waals surface area contributed by atoms with Gasteiger partial charge in [0, 0.05) is 30.8 Å². The smallest absolute Gasteiger partial charge is 0.171 e. The lowest BCUT2D eigenvalue weighted by Gasteiger charge is -2.36. The number of imidazole rings is 1. The van der Waals surface area contributed by atoms with Crippen LogP contribution < -0.4 is 4.74 Å². The fraction of sp³-hybridized carbons (Fsp3) is 0.308. The van der Waals surface area contributed by atoms with Crippen LogP contribution in [0.15, 0.2) is 59.7 Å². The number of rotatable bonds is 4. The fourth-order valence-electron chi connectivity index (χ4n) is 4.67. The maximum Gasteiger partial charge on any atom is 0.171 e. The highest BCUT2D eigenvalue weighted by molar-refractivity contribution is 6.02. The highest BCUT2D eigenvalue weighted by Gasteiger charge is 2.32. The Morgan fingerprint density at radius 2 is 2.06 bits per heavy atom. The third kappa shape index (κ3) is 4.27. The average molecular weight is 465 g/mol. The summed E-state index contributed by atoms with van der Waals surface area (Å²) in [6, 6.07) is 9.49. The summed E-state index contributed by atoms with van der Waals surface area (Å²) in [7, 11) is 1.65. The molecule has 176 valence electrons. The van der Waals surface area contributed by atoms with Crippen molar-refractivity contribution in [2.45, 2.75) is 32.2 Å². The largest absolute Gasteiger partial charge is 0.495 e. The molecular formula is C26H26F2N4O2. The van der Waals surface area contributed by atoms with Crippen molar-refractivity contribution in [3.8, 4) is 11.4 Å². The van der Waals surface area contributed by atoms with Crippen molar-refractivity contribution in [3.05, 3.63) is 83.0 Å². The maximum atomic E-state index is 14.7. The monoisotopic (exact) mass is 464 g/mol. The average Bonchev–Trinajstić information content (AvgIpc) is 3.14. The zero-order valence-electron chi connectivity index (χ0n) is 19.2. The quantitative estimate of drug-likeness (QED) is 0.517. The second kappa shape index (κ2) is 9.29. The lowest BCUT2D eigenvalue weighted by atomic mass is 9.94. The van der Waals surface area contributed by atoms with E-state index >= 15 is 0 Å². The van der Waals surface area contributed by atoms with Crippen LogP contribution in [0.3, 0.4) is 0 Å². The first-order valence-corrected chi connectivity index (χ1v) is 11.3. The predicted octanol–water partition coefficient (Wildman–Crippen LogP) is 5.42. The fourth-order valence-corrected chi connectivity index (χ4v) is 4.67. The van der Waals surface area contributed by atoms with Crippen molar-refractivity contribution in [1.82, 2.24) is 14.5 Å². The van der Waals surface area contributed by atoms with E-state index in [4.69, 9.17) is 9.57 Å². The summed E-state index contributed by atoms with van der Waals surface area (Å²) < 4.78 is 35.7. The Morgan fingerprint density at radius 1 is 1.18 bits per heavy atom. The molecule has 0 N–H and O–H groups in total. The van der Waals surface area contributed by atoms with Crippen LogP contribution in [0.5, 0.6) is 5.75 Å². The number of aromatic nitrogens is 2. The van der Waals surface area contributed by atoms with Gasteiger partial charge in [-0.2, -0.15) is 0 Å². The third-order valence-corrected chi connectivity index (χ3v) is 6.27. The van der Waals surface area contributed by atoms with Crippen LogP contribution >= 0.6 is 0 Å². The van der Waals surface area contributed by atoms with Gasteiger partial charge >= 0.3 is 0 Å². The Hall–Kier alpha value is -3.68. The van der Waals surface area contributed by atoms with E-state index in [2.05, 4.69) is 21.1 Å².